The topological polar surface area (TPSA) is 83.4 Å². The molecule has 6 nitrogen and oxygen atoms in total. The smallest absolute Gasteiger partial charge is 0.308 e. The summed E-state index contributed by atoms with van der Waals surface area (Å²) in [4.78, 5) is 33.3. The Morgan fingerprint density at radius 2 is 2.20 bits per heavy atom. The van der Waals surface area contributed by atoms with Gasteiger partial charge in [0.15, 0.2) is 0 Å². The molecule has 1 fully saturated rings. The second-order valence-corrected chi connectivity index (χ2v) is 5.40. The quantitative estimate of drug-likeness (QED) is 0.906. The highest BCUT2D eigenvalue weighted by Gasteiger charge is 2.30. The lowest BCUT2D eigenvalue weighted by Crippen LogP contribution is -2.42. The van der Waals surface area contributed by atoms with Gasteiger partial charge in [0.25, 0.3) is 5.91 Å². The Morgan fingerprint density at radius 3 is 2.85 bits per heavy atom. The Balaban J connectivity index is 2.21. The highest BCUT2D eigenvalue weighted by Crippen LogP contribution is 2.22. The molecular weight excluding hydrogens is 258 g/mol. The number of carbonyl (C=O) groups excluding carboxylic acids is 1. The Labute approximate surface area is 117 Å². The molecule has 1 N–H and O–H groups in total. The lowest BCUT2D eigenvalue weighted by molar-refractivity contribution is -0.143. The van der Waals surface area contributed by atoms with Crippen molar-refractivity contribution in [3.63, 3.8) is 0 Å². The zero-order valence-electron chi connectivity index (χ0n) is 11.7. The van der Waals surface area contributed by atoms with Gasteiger partial charge >= 0.3 is 5.97 Å². The number of carboxylic acids is 1. The molecule has 108 valence electrons. The van der Waals surface area contributed by atoms with Crippen molar-refractivity contribution in [2.45, 2.75) is 32.6 Å². The Bertz CT molecular complexity index is 516. The third kappa shape index (κ3) is 2.95. The molecule has 1 aromatic heterocycles. The summed E-state index contributed by atoms with van der Waals surface area (Å²) in [5.74, 6) is -1.35. The highest BCUT2D eigenvalue weighted by atomic mass is 16.4. The van der Waals surface area contributed by atoms with Crippen molar-refractivity contribution in [2.24, 2.45) is 5.92 Å². The number of likely N-dealkylation sites (tertiary alicyclic amines) is 1. The van der Waals surface area contributed by atoms with Crippen LogP contribution in [-0.4, -0.2) is 44.9 Å². The predicted octanol–water partition coefficient (Wildman–Crippen LogP) is 1.54. The van der Waals surface area contributed by atoms with Crippen LogP contribution < -0.4 is 0 Å². The van der Waals surface area contributed by atoms with Gasteiger partial charge in [-0.05, 0) is 18.8 Å². The first-order valence-corrected chi connectivity index (χ1v) is 6.82. The Morgan fingerprint density at radius 1 is 1.45 bits per heavy atom. The minimum absolute atomic E-state index is 0.122. The molecule has 1 atom stereocenters. The van der Waals surface area contributed by atoms with E-state index in [1.165, 1.54) is 12.5 Å². The molecule has 2 heterocycles. The summed E-state index contributed by atoms with van der Waals surface area (Å²) in [6.07, 6.45) is 4.30. The molecule has 1 saturated heterocycles. The molecule has 1 aliphatic rings. The van der Waals surface area contributed by atoms with Crippen LogP contribution in [0.25, 0.3) is 0 Å². The van der Waals surface area contributed by atoms with Crippen LogP contribution in [0.15, 0.2) is 12.5 Å². The van der Waals surface area contributed by atoms with Gasteiger partial charge in [0.2, 0.25) is 0 Å². The summed E-state index contributed by atoms with van der Waals surface area (Å²) in [5.41, 5.74) is 1.19. The standard InChI is InChI=1S/C14H19N3O3/c1-9(2)12-11(6-15-8-16-12)13(18)17-5-3-4-10(7-17)14(19)20/h6,8-10H,3-5,7H2,1-2H3,(H,19,20)/t10-/m1/s1. The van der Waals surface area contributed by atoms with E-state index in [9.17, 15) is 9.59 Å². The zero-order chi connectivity index (χ0) is 14.7. The fraction of sp³-hybridized carbons (Fsp3) is 0.571. The third-order valence-electron chi connectivity index (χ3n) is 3.58. The van der Waals surface area contributed by atoms with Gasteiger partial charge in [0.1, 0.15) is 6.33 Å². The van der Waals surface area contributed by atoms with Crippen molar-refractivity contribution >= 4 is 11.9 Å². The second-order valence-electron chi connectivity index (χ2n) is 5.40. The van der Waals surface area contributed by atoms with E-state index in [1.54, 1.807) is 4.90 Å². The van der Waals surface area contributed by atoms with Crippen molar-refractivity contribution in [2.75, 3.05) is 13.1 Å². The summed E-state index contributed by atoms with van der Waals surface area (Å²) in [5, 5.41) is 9.09. The molecule has 0 saturated carbocycles. The maximum Gasteiger partial charge on any atom is 0.308 e. The lowest BCUT2D eigenvalue weighted by atomic mass is 9.97. The molecule has 0 aliphatic carbocycles. The molecule has 0 unspecified atom stereocenters. The second kappa shape index (κ2) is 5.98. The van der Waals surface area contributed by atoms with Gasteiger partial charge in [-0.15, -0.1) is 0 Å². The minimum Gasteiger partial charge on any atom is -0.481 e. The Kier molecular flexibility index (Phi) is 4.32. The highest BCUT2D eigenvalue weighted by molar-refractivity contribution is 5.95. The summed E-state index contributed by atoms with van der Waals surface area (Å²) in [7, 11) is 0. The minimum atomic E-state index is -0.837. The average molecular weight is 277 g/mol. The molecule has 0 radical (unpaired) electrons. The monoisotopic (exact) mass is 277 g/mol. The third-order valence-corrected chi connectivity index (χ3v) is 3.58. The maximum atomic E-state index is 12.5. The summed E-state index contributed by atoms with van der Waals surface area (Å²) >= 11 is 0. The summed E-state index contributed by atoms with van der Waals surface area (Å²) in [6.45, 7) is 4.79. The van der Waals surface area contributed by atoms with Crippen LogP contribution in [0.4, 0.5) is 0 Å². The van der Waals surface area contributed by atoms with Crippen LogP contribution in [0, 0.1) is 5.92 Å². The van der Waals surface area contributed by atoms with E-state index >= 15 is 0 Å². The van der Waals surface area contributed by atoms with Crippen LogP contribution in [0.3, 0.4) is 0 Å². The Hall–Kier alpha value is -1.98. The number of hydrogen-bond donors (Lipinski definition) is 1. The van der Waals surface area contributed by atoms with Gasteiger partial charge in [-0.2, -0.15) is 0 Å². The number of carbonyl (C=O) groups is 2. The van der Waals surface area contributed by atoms with Crippen molar-refractivity contribution in [3.8, 4) is 0 Å². The number of amides is 1. The van der Waals surface area contributed by atoms with Crippen molar-refractivity contribution in [1.82, 2.24) is 14.9 Å². The maximum absolute atomic E-state index is 12.5. The molecule has 0 aromatic carbocycles. The van der Waals surface area contributed by atoms with Crippen molar-refractivity contribution < 1.29 is 14.7 Å². The van der Waals surface area contributed by atoms with E-state index in [0.29, 0.717) is 30.6 Å². The molecule has 6 heteroatoms. The largest absolute Gasteiger partial charge is 0.481 e. The van der Waals surface area contributed by atoms with Gasteiger partial charge in [0, 0.05) is 19.3 Å². The number of carboxylic acid groups (broad SMARTS) is 1. The van der Waals surface area contributed by atoms with Crippen molar-refractivity contribution in [3.05, 3.63) is 23.8 Å². The number of hydrogen-bond acceptors (Lipinski definition) is 4. The van der Waals surface area contributed by atoms with E-state index in [1.807, 2.05) is 13.8 Å². The van der Waals surface area contributed by atoms with Gasteiger partial charge < -0.3 is 10.0 Å². The first-order chi connectivity index (χ1) is 9.50. The normalized spacial score (nSPS) is 19.1. The number of piperidine rings is 1. The van der Waals surface area contributed by atoms with E-state index in [-0.39, 0.29) is 18.4 Å². The van der Waals surface area contributed by atoms with E-state index in [4.69, 9.17) is 5.11 Å². The van der Waals surface area contributed by atoms with E-state index in [2.05, 4.69) is 9.97 Å². The number of rotatable bonds is 3. The zero-order valence-corrected chi connectivity index (χ0v) is 11.7. The first kappa shape index (κ1) is 14.4. The van der Waals surface area contributed by atoms with Gasteiger partial charge in [-0.1, -0.05) is 13.8 Å². The van der Waals surface area contributed by atoms with E-state index < -0.39 is 11.9 Å². The number of nitrogens with zero attached hydrogens (tertiary/aromatic N) is 3. The SMILES string of the molecule is CC(C)c1ncncc1C(=O)N1CCC[C@@H](C(=O)O)C1. The van der Waals surface area contributed by atoms with Gasteiger partial charge in [0.05, 0.1) is 17.2 Å². The average Bonchev–Trinajstić information content (AvgIpc) is 2.46. The number of aliphatic carboxylic acids is 1. The van der Waals surface area contributed by atoms with Crippen LogP contribution in [-0.2, 0) is 4.79 Å². The van der Waals surface area contributed by atoms with Crippen molar-refractivity contribution in [1.29, 1.82) is 0 Å². The van der Waals surface area contributed by atoms with E-state index in [0.717, 1.165) is 0 Å². The molecule has 20 heavy (non-hydrogen) atoms. The van der Waals surface area contributed by atoms with Gasteiger partial charge in [-0.25, -0.2) is 9.97 Å². The number of aromatic nitrogens is 2. The lowest BCUT2D eigenvalue weighted by Gasteiger charge is -2.31. The molecular formula is C14H19N3O3. The van der Waals surface area contributed by atoms with Crippen LogP contribution >= 0.6 is 0 Å². The van der Waals surface area contributed by atoms with Gasteiger partial charge in [-0.3, -0.25) is 9.59 Å². The molecule has 0 spiro atoms. The fourth-order valence-electron chi connectivity index (χ4n) is 2.50. The molecule has 1 amide bonds. The molecule has 2 rings (SSSR count). The fourth-order valence-corrected chi connectivity index (χ4v) is 2.50. The first-order valence-electron chi connectivity index (χ1n) is 6.82. The summed E-state index contributed by atoms with van der Waals surface area (Å²) in [6, 6.07) is 0. The molecule has 0 bridgehead atoms. The van der Waals surface area contributed by atoms with Crippen LogP contribution in [0.2, 0.25) is 0 Å². The summed E-state index contributed by atoms with van der Waals surface area (Å²) < 4.78 is 0. The molecule has 1 aromatic rings. The van der Waals surface area contributed by atoms with Crippen LogP contribution in [0.1, 0.15) is 48.7 Å². The predicted molar refractivity (Wildman–Crippen MR) is 72.4 cm³/mol. The molecule has 1 aliphatic heterocycles. The van der Waals surface area contributed by atoms with Crippen LogP contribution in [0.5, 0.6) is 0 Å².